The summed E-state index contributed by atoms with van der Waals surface area (Å²) in [6.07, 6.45) is 5.97. The monoisotopic (exact) mass is 582 g/mol. The molecule has 0 N–H and O–H groups in total. The third kappa shape index (κ3) is 5.57. The SMILES string of the molecule is CC(C)(C)C1CCN(CC(C)(C)C2CCN3CCCc4cc(Cc5ccccc5)cc2c43)c2ccc(-c3ccccc3)cc21. The number of aryl methyl sites for hydroxylation is 1. The van der Waals surface area contributed by atoms with Crippen LogP contribution in [0.3, 0.4) is 0 Å². The summed E-state index contributed by atoms with van der Waals surface area (Å²) < 4.78 is 0. The Kier molecular flexibility index (Phi) is 7.59. The molecule has 3 aliphatic rings. The molecule has 3 heterocycles. The lowest BCUT2D eigenvalue weighted by molar-refractivity contribution is 0.255. The zero-order valence-corrected chi connectivity index (χ0v) is 27.6. The molecule has 0 aromatic heterocycles. The summed E-state index contributed by atoms with van der Waals surface area (Å²) in [7, 11) is 0. The van der Waals surface area contributed by atoms with Crippen LogP contribution < -0.4 is 9.80 Å². The Hall–Kier alpha value is -3.52. The Morgan fingerprint density at radius 2 is 1.39 bits per heavy atom. The molecular weight excluding hydrogens is 532 g/mol. The smallest absolute Gasteiger partial charge is 0.0434 e. The van der Waals surface area contributed by atoms with Crippen molar-refractivity contribution < 1.29 is 0 Å². The van der Waals surface area contributed by atoms with Gasteiger partial charge in [0.15, 0.2) is 0 Å². The van der Waals surface area contributed by atoms with E-state index in [1.807, 2.05) is 0 Å². The molecule has 0 saturated carbocycles. The molecule has 0 spiro atoms. The van der Waals surface area contributed by atoms with Gasteiger partial charge in [0.2, 0.25) is 0 Å². The molecule has 0 aliphatic carbocycles. The van der Waals surface area contributed by atoms with Gasteiger partial charge in [-0.05, 0) is 106 Å². The van der Waals surface area contributed by atoms with E-state index in [1.54, 1.807) is 16.8 Å². The Labute approximate surface area is 266 Å². The molecule has 0 bridgehead atoms. The van der Waals surface area contributed by atoms with E-state index in [4.69, 9.17) is 0 Å². The summed E-state index contributed by atoms with van der Waals surface area (Å²) in [4.78, 5) is 5.46. The highest BCUT2D eigenvalue weighted by Gasteiger charge is 2.41. The molecule has 4 aromatic carbocycles. The molecule has 2 atom stereocenters. The molecule has 0 saturated heterocycles. The maximum atomic E-state index is 2.75. The van der Waals surface area contributed by atoms with E-state index < -0.39 is 0 Å². The molecule has 228 valence electrons. The third-order valence-corrected chi connectivity index (χ3v) is 10.9. The van der Waals surface area contributed by atoms with Crippen molar-refractivity contribution in [1.29, 1.82) is 0 Å². The second-order valence-electron chi connectivity index (χ2n) is 15.5. The lowest BCUT2D eigenvalue weighted by atomic mass is 9.68. The fraction of sp³-hybridized carbons (Fsp3) is 0.429. The largest absolute Gasteiger partial charge is 0.371 e. The van der Waals surface area contributed by atoms with Crippen LogP contribution in [0.15, 0.2) is 91.0 Å². The summed E-state index contributed by atoms with van der Waals surface area (Å²) in [5.74, 6) is 1.11. The minimum absolute atomic E-state index is 0.145. The first-order valence-electron chi connectivity index (χ1n) is 17.1. The maximum absolute atomic E-state index is 2.75. The predicted molar refractivity (Wildman–Crippen MR) is 188 cm³/mol. The third-order valence-electron chi connectivity index (χ3n) is 10.9. The number of hydrogen-bond donors (Lipinski definition) is 0. The summed E-state index contributed by atoms with van der Waals surface area (Å²) in [6, 6.07) is 34.4. The van der Waals surface area contributed by atoms with Crippen molar-refractivity contribution in [2.45, 2.75) is 78.6 Å². The van der Waals surface area contributed by atoms with Crippen LogP contribution in [-0.2, 0) is 12.8 Å². The van der Waals surface area contributed by atoms with Crippen LogP contribution in [-0.4, -0.2) is 26.2 Å². The van der Waals surface area contributed by atoms with Crippen molar-refractivity contribution in [3.8, 4) is 11.1 Å². The highest BCUT2D eigenvalue weighted by atomic mass is 15.2. The second-order valence-corrected chi connectivity index (χ2v) is 15.5. The molecule has 7 rings (SSSR count). The summed E-state index contributed by atoms with van der Waals surface area (Å²) >= 11 is 0. The molecule has 0 radical (unpaired) electrons. The standard InChI is InChI=1S/C42H50N2/c1-41(2,3)37-20-24-44(39-19-18-33(28-35(37)39)32-15-10-7-11-16-32)29-42(4,5)38-21-23-43-22-12-17-34-26-31(27-36(38)40(34)43)25-30-13-8-6-9-14-30/h6-11,13-16,18-19,26-28,37-38H,12,17,20-25,29H2,1-5H3. The van der Waals surface area contributed by atoms with Crippen LogP contribution in [0.4, 0.5) is 11.4 Å². The molecule has 2 heteroatoms. The van der Waals surface area contributed by atoms with Crippen molar-refractivity contribution in [1.82, 2.24) is 0 Å². The molecule has 44 heavy (non-hydrogen) atoms. The Balaban J connectivity index is 1.23. The van der Waals surface area contributed by atoms with Crippen LogP contribution in [0.1, 0.15) is 93.5 Å². The zero-order valence-electron chi connectivity index (χ0n) is 27.6. The van der Waals surface area contributed by atoms with Gasteiger partial charge in [-0.1, -0.05) is 113 Å². The highest BCUT2D eigenvalue weighted by Crippen LogP contribution is 2.51. The quantitative estimate of drug-likeness (QED) is 0.223. The average molecular weight is 583 g/mol. The van der Waals surface area contributed by atoms with E-state index in [0.29, 0.717) is 11.8 Å². The summed E-state index contributed by atoms with van der Waals surface area (Å²) in [6.45, 7) is 17.0. The van der Waals surface area contributed by atoms with Crippen molar-refractivity contribution in [2.24, 2.45) is 10.8 Å². The number of nitrogens with zero attached hydrogens (tertiary/aromatic N) is 2. The Morgan fingerprint density at radius 1 is 0.659 bits per heavy atom. The van der Waals surface area contributed by atoms with Gasteiger partial charge in [-0.25, -0.2) is 0 Å². The minimum Gasteiger partial charge on any atom is -0.371 e. The van der Waals surface area contributed by atoms with E-state index in [1.165, 1.54) is 72.3 Å². The van der Waals surface area contributed by atoms with E-state index >= 15 is 0 Å². The van der Waals surface area contributed by atoms with Crippen LogP contribution in [0.25, 0.3) is 11.1 Å². The minimum atomic E-state index is 0.145. The van der Waals surface area contributed by atoms with E-state index in [-0.39, 0.29) is 10.8 Å². The first-order valence-corrected chi connectivity index (χ1v) is 17.1. The van der Waals surface area contributed by atoms with Crippen molar-refractivity contribution in [3.05, 3.63) is 119 Å². The van der Waals surface area contributed by atoms with Crippen LogP contribution in [0.5, 0.6) is 0 Å². The lowest BCUT2D eigenvalue weighted by Gasteiger charge is -2.49. The van der Waals surface area contributed by atoms with Crippen LogP contribution in [0, 0.1) is 10.8 Å². The molecule has 0 amide bonds. The molecule has 3 aliphatic heterocycles. The fourth-order valence-corrected chi connectivity index (χ4v) is 8.77. The molecule has 0 fully saturated rings. The second kappa shape index (κ2) is 11.4. The van der Waals surface area contributed by atoms with Gasteiger partial charge in [0, 0.05) is 37.6 Å². The lowest BCUT2D eigenvalue weighted by Crippen LogP contribution is -2.45. The fourth-order valence-electron chi connectivity index (χ4n) is 8.77. The predicted octanol–water partition coefficient (Wildman–Crippen LogP) is 10.3. The first kappa shape index (κ1) is 29.2. The number of hydrogen-bond acceptors (Lipinski definition) is 2. The number of rotatable bonds is 6. The van der Waals surface area contributed by atoms with E-state index in [2.05, 4.69) is 135 Å². The molecule has 4 aromatic rings. The van der Waals surface area contributed by atoms with Crippen LogP contribution in [0.2, 0.25) is 0 Å². The normalized spacial score (nSPS) is 19.8. The zero-order chi connectivity index (χ0) is 30.5. The maximum Gasteiger partial charge on any atom is 0.0434 e. The summed E-state index contributed by atoms with van der Waals surface area (Å²) in [5.41, 5.74) is 13.7. The van der Waals surface area contributed by atoms with Gasteiger partial charge in [-0.2, -0.15) is 0 Å². The number of benzene rings is 4. The van der Waals surface area contributed by atoms with Gasteiger partial charge in [0.1, 0.15) is 0 Å². The molecule has 2 unspecified atom stereocenters. The molecular formula is C42H50N2. The van der Waals surface area contributed by atoms with Gasteiger partial charge < -0.3 is 9.80 Å². The van der Waals surface area contributed by atoms with Gasteiger partial charge in [-0.15, -0.1) is 0 Å². The van der Waals surface area contributed by atoms with E-state index in [9.17, 15) is 0 Å². The molecule has 2 nitrogen and oxygen atoms in total. The first-order chi connectivity index (χ1) is 21.2. The van der Waals surface area contributed by atoms with Crippen molar-refractivity contribution in [3.63, 3.8) is 0 Å². The topological polar surface area (TPSA) is 6.48 Å². The van der Waals surface area contributed by atoms with Crippen molar-refractivity contribution in [2.75, 3.05) is 36.0 Å². The summed E-state index contributed by atoms with van der Waals surface area (Å²) in [5, 5.41) is 0. The highest BCUT2D eigenvalue weighted by molar-refractivity contribution is 5.71. The average Bonchev–Trinajstić information content (AvgIpc) is 3.01. The van der Waals surface area contributed by atoms with Crippen LogP contribution >= 0.6 is 0 Å². The van der Waals surface area contributed by atoms with Gasteiger partial charge in [0.05, 0.1) is 0 Å². The number of fused-ring (bicyclic) bond motifs is 1. The van der Waals surface area contributed by atoms with Crippen molar-refractivity contribution >= 4 is 11.4 Å². The van der Waals surface area contributed by atoms with Gasteiger partial charge in [-0.3, -0.25) is 0 Å². The van der Waals surface area contributed by atoms with Gasteiger partial charge in [0.25, 0.3) is 0 Å². The Morgan fingerprint density at radius 3 is 2.14 bits per heavy atom. The van der Waals surface area contributed by atoms with E-state index in [0.717, 1.165) is 19.5 Å². The Bertz CT molecular complexity index is 1610. The van der Waals surface area contributed by atoms with Gasteiger partial charge >= 0.3 is 0 Å². The number of anilines is 2.